The van der Waals surface area contributed by atoms with Crippen molar-refractivity contribution in [1.29, 1.82) is 0 Å². The number of amides is 1. The first-order valence-electron chi connectivity index (χ1n) is 7.29. The number of carbonyl (C=O) groups excluding carboxylic acids is 1. The van der Waals surface area contributed by atoms with Gasteiger partial charge in [0.1, 0.15) is 0 Å². The van der Waals surface area contributed by atoms with Gasteiger partial charge in [-0.1, -0.05) is 12.1 Å². The predicted octanol–water partition coefficient (Wildman–Crippen LogP) is 2.55. The zero-order chi connectivity index (χ0) is 13.4. The molecule has 19 heavy (non-hydrogen) atoms. The van der Waals surface area contributed by atoms with Crippen molar-refractivity contribution in [3.63, 3.8) is 0 Å². The fourth-order valence-electron chi connectivity index (χ4n) is 2.85. The second-order valence-electron chi connectivity index (χ2n) is 6.04. The van der Waals surface area contributed by atoms with E-state index in [9.17, 15) is 4.79 Å². The van der Waals surface area contributed by atoms with Crippen molar-refractivity contribution in [2.75, 3.05) is 0 Å². The molecule has 3 heteroatoms. The summed E-state index contributed by atoms with van der Waals surface area (Å²) < 4.78 is 0. The first-order valence-corrected chi connectivity index (χ1v) is 7.29. The standard InChI is InChI=1S/C16H22N2O/c1-11(13-6-7-13)18(15-8-9-15)10-12-2-4-14(5-3-12)16(17)19/h2-5,11,13,15H,6-10H2,1H3,(H2,17,19)/t11-/m0/s1. The van der Waals surface area contributed by atoms with E-state index >= 15 is 0 Å². The van der Waals surface area contributed by atoms with Crippen LogP contribution < -0.4 is 5.73 Å². The normalized spacial score (nSPS) is 20.5. The van der Waals surface area contributed by atoms with Gasteiger partial charge in [-0.25, -0.2) is 0 Å². The molecule has 2 saturated carbocycles. The number of nitrogens with two attached hydrogens (primary N) is 1. The number of carbonyl (C=O) groups is 1. The molecule has 0 aliphatic heterocycles. The average Bonchev–Trinajstić information content (AvgIpc) is 3.29. The third kappa shape index (κ3) is 2.98. The van der Waals surface area contributed by atoms with Gasteiger partial charge in [0.15, 0.2) is 0 Å². The van der Waals surface area contributed by atoms with Crippen LogP contribution in [0.5, 0.6) is 0 Å². The summed E-state index contributed by atoms with van der Waals surface area (Å²) in [7, 11) is 0. The van der Waals surface area contributed by atoms with Gasteiger partial charge in [0.05, 0.1) is 0 Å². The van der Waals surface area contributed by atoms with Crippen LogP contribution in [-0.4, -0.2) is 22.9 Å². The molecule has 2 N–H and O–H groups in total. The second kappa shape index (κ2) is 4.97. The molecule has 3 rings (SSSR count). The SMILES string of the molecule is C[C@@H](C1CC1)N(Cc1ccc(C(N)=O)cc1)C1CC1. The van der Waals surface area contributed by atoms with E-state index in [2.05, 4.69) is 11.8 Å². The lowest BCUT2D eigenvalue weighted by atomic mass is 10.1. The topological polar surface area (TPSA) is 46.3 Å². The Balaban J connectivity index is 1.68. The average molecular weight is 258 g/mol. The van der Waals surface area contributed by atoms with Crippen molar-refractivity contribution in [1.82, 2.24) is 4.90 Å². The van der Waals surface area contributed by atoms with Crippen LogP contribution in [0, 0.1) is 5.92 Å². The molecule has 1 atom stereocenters. The number of primary amides is 1. The van der Waals surface area contributed by atoms with Crippen molar-refractivity contribution in [2.24, 2.45) is 11.7 Å². The van der Waals surface area contributed by atoms with Crippen molar-refractivity contribution < 1.29 is 4.79 Å². The van der Waals surface area contributed by atoms with E-state index in [4.69, 9.17) is 5.73 Å². The molecule has 2 aliphatic carbocycles. The van der Waals surface area contributed by atoms with Gasteiger partial charge in [-0.2, -0.15) is 0 Å². The molecule has 102 valence electrons. The Labute approximate surface area is 114 Å². The highest BCUT2D eigenvalue weighted by Crippen LogP contribution is 2.40. The monoisotopic (exact) mass is 258 g/mol. The summed E-state index contributed by atoms with van der Waals surface area (Å²) >= 11 is 0. The number of rotatable bonds is 6. The van der Waals surface area contributed by atoms with Crippen molar-refractivity contribution in [3.8, 4) is 0 Å². The van der Waals surface area contributed by atoms with Gasteiger partial charge in [-0.15, -0.1) is 0 Å². The highest BCUT2D eigenvalue weighted by atomic mass is 16.1. The zero-order valence-electron chi connectivity index (χ0n) is 11.5. The molecule has 0 spiro atoms. The quantitative estimate of drug-likeness (QED) is 0.852. The van der Waals surface area contributed by atoms with Crippen LogP contribution in [0.25, 0.3) is 0 Å². The van der Waals surface area contributed by atoms with Gasteiger partial charge < -0.3 is 5.73 Å². The van der Waals surface area contributed by atoms with Crippen LogP contribution >= 0.6 is 0 Å². The van der Waals surface area contributed by atoms with Gasteiger partial charge in [-0.05, 0) is 56.2 Å². The lowest BCUT2D eigenvalue weighted by Crippen LogP contribution is -2.36. The van der Waals surface area contributed by atoms with E-state index in [1.165, 1.54) is 31.2 Å². The first-order chi connectivity index (χ1) is 9.15. The number of hydrogen-bond acceptors (Lipinski definition) is 2. The highest BCUT2D eigenvalue weighted by Gasteiger charge is 2.38. The van der Waals surface area contributed by atoms with Gasteiger partial charge in [0.2, 0.25) is 5.91 Å². The van der Waals surface area contributed by atoms with Crippen LogP contribution in [-0.2, 0) is 6.54 Å². The Morgan fingerprint density at radius 1 is 1.26 bits per heavy atom. The summed E-state index contributed by atoms with van der Waals surface area (Å²) in [5, 5.41) is 0. The Morgan fingerprint density at radius 3 is 2.37 bits per heavy atom. The molecule has 0 radical (unpaired) electrons. The molecule has 2 fully saturated rings. The van der Waals surface area contributed by atoms with Crippen LogP contribution in [0.3, 0.4) is 0 Å². The van der Waals surface area contributed by atoms with Crippen molar-refractivity contribution >= 4 is 5.91 Å². The fourth-order valence-corrected chi connectivity index (χ4v) is 2.85. The van der Waals surface area contributed by atoms with E-state index in [1.54, 1.807) is 0 Å². The number of hydrogen-bond donors (Lipinski definition) is 1. The molecule has 1 aromatic rings. The maximum atomic E-state index is 11.1. The fraction of sp³-hybridized carbons (Fsp3) is 0.562. The molecule has 2 aliphatic rings. The van der Waals surface area contributed by atoms with E-state index < -0.39 is 0 Å². The van der Waals surface area contributed by atoms with E-state index in [0.717, 1.165) is 18.5 Å². The first kappa shape index (κ1) is 12.7. The largest absolute Gasteiger partial charge is 0.366 e. The maximum Gasteiger partial charge on any atom is 0.248 e. The van der Waals surface area contributed by atoms with Crippen LogP contribution in [0.2, 0.25) is 0 Å². The Bertz CT molecular complexity index is 460. The smallest absolute Gasteiger partial charge is 0.248 e. The Hall–Kier alpha value is -1.35. The predicted molar refractivity (Wildman–Crippen MR) is 75.7 cm³/mol. The van der Waals surface area contributed by atoms with Crippen molar-refractivity contribution in [3.05, 3.63) is 35.4 Å². The molecule has 0 unspecified atom stereocenters. The molecule has 1 aromatic carbocycles. The molecule has 0 bridgehead atoms. The minimum Gasteiger partial charge on any atom is -0.366 e. The van der Waals surface area contributed by atoms with Gasteiger partial charge >= 0.3 is 0 Å². The highest BCUT2D eigenvalue weighted by molar-refractivity contribution is 5.92. The minimum atomic E-state index is -0.350. The van der Waals surface area contributed by atoms with Crippen molar-refractivity contribution in [2.45, 2.75) is 51.2 Å². The van der Waals surface area contributed by atoms with E-state index in [-0.39, 0.29) is 5.91 Å². The van der Waals surface area contributed by atoms with Gasteiger partial charge in [0.25, 0.3) is 0 Å². The molecule has 3 nitrogen and oxygen atoms in total. The summed E-state index contributed by atoms with van der Waals surface area (Å²) in [5.41, 5.74) is 7.15. The molecular formula is C16H22N2O. The minimum absolute atomic E-state index is 0.350. The van der Waals surface area contributed by atoms with Crippen LogP contribution in [0.4, 0.5) is 0 Å². The molecular weight excluding hydrogens is 236 g/mol. The van der Waals surface area contributed by atoms with Gasteiger partial charge in [0, 0.05) is 24.2 Å². The third-order valence-electron chi connectivity index (χ3n) is 4.45. The number of benzene rings is 1. The Morgan fingerprint density at radius 2 is 1.89 bits per heavy atom. The zero-order valence-corrected chi connectivity index (χ0v) is 11.5. The lowest BCUT2D eigenvalue weighted by molar-refractivity contribution is 0.1000. The summed E-state index contributed by atoms with van der Waals surface area (Å²) in [6.45, 7) is 3.37. The molecule has 0 heterocycles. The van der Waals surface area contributed by atoms with Crippen LogP contribution in [0.15, 0.2) is 24.3 Å². The Kier molecular flexibility index (Phi) is 3.31. The van der Waals surface area contributed by atoms with Crippen LogP contribution in [0.1, 0.15) is 48.5 Å². The maximum absolute atomic E-state index is 11.1. The second-order valence-corrected chi connectivity index (χ2v) is 6.04. The van der Waals surface area contributed by atoms with E-state index in [0.29, 0.717) is 11.6 Å². The molecule has 0 saturated heterocycles. The summed E-state index contributed by atoms with van der Waals surface area (Å²) in [4.78, 5) is 13.7. The molecule has 0 aromatic heterocycles. The van der Waals surface area contributed by atoms with E-state index in [1.807, 2.05) is 24.3 Å². The summed E-state index contributed by atoms with van der Waals surface area (Å²) in [6.07, 6.45) is 5.48. The number of nitrogens with zero attached hydrogens (tertiary/aromatic N) is 1. The third-order valence-corrected chi connectivity index (χ3v) is 4.45. The molecule has 1 amide bonds. The van der Waals surface area contributed by atoms with Gasteiger partial charge in [-0.3, -0.25) is 9.69 Å². The lowest BCUT2D eigenvalue weighted by Gasteiger charge is -2.29. The summed E-state index contributed by atoms with van der Waals surface area (Å²) in [5.74, 6) is 0.558. The summed E-state index contributed by atoms with van der Waals surface area (Å²) in [6, 6.07) is 9.23.